The van der Waals surface area contributed by atoms with E-state index < -0.39 is 5.66 Å². The zero-order valence-corrected chi connectivity index (χ0v) is 8.64. The Bertz CT molecular complexity index is 236. The smallest absolute Gasteiger partial charge is 0.0861 e. The first-order valence-corrected chi connectivity index (χ1v) is 4.98. The van der Waals surface area contributed by atoms with E-state index in [0.29, 0.717) is 0 Å². The molecule has 0 aromatic rings. The molecular weight excluding hydrogens is 160 g/mol. The summed E-state index contributed by atoms with van der Waals surface area (Å²) in [5.74, 6) is 0. The molecule has 2 heteroatoms. The molecule has 4 N–H and O–H groups in total. The summed E-state index contributed by atoms with van der Waals surface area (Å²) in [5, 5.41) is 0. The van der Waals surface area contributed by atoms with Crippen molar-refractivity contribution in [2.24, 2.45) is 11.5 Å². The van der Waals surface area contributed by atoms with Crippen LogP contribution < -0.4 is 11.5 Å². The molecule has 0 aromatic carbocycles. The van der Waals surface area contributed by atoms with Crippen LogP contribution in [0, 0.1) is 0 Å². The predicted octanol–water partition coefficient (Wildman–Crippen LogP) is 2.07. The van der Waals surface area contributed by atoms with Gasteiger partial charge in [-0.05, 0) is 50.7 Å². The van der Waals surface area contributed by atoms with Crippen molar-refractivity contribution in [2.75, 3.05) is 0 Å². The summed E-state index contributed by atoms with van der Waals surface area (Å²) >= 11 is 0. The quantitative estimate of drug-likeness (QED) is 0.607. The molecule has 13 heavy (non-hydrogen) atoms. The van der Waals surface area contributed by atoms with Crippen molar-refractivity contribution in [3.8, 4) is 0 Å². The molecule has 0 saturated carbocycles. The summed E-state index contributed by atoms with van der Waals surface area (Å²) in [4.78, 5) is 0. The Kier molecular flexibility index (Phi) is 3.28. The van der Waals surface area contributed by atoms with Gasteiger partial charge in [-0.15, -0.1) is 0 Å². The highest BCUT2D eigenvalue weighted by molar-refractivity contribution is 5.31. The van der Waals surface area contributed by atoms with Gasteiger partial charge in [0.15, 0.2) is 0 Å². The van der Waals surface area contributed by atoms with Gasteiger partial charge in [0.2, 0.25) is 0 Å². The summed E-state index contributed by atoms with van der Waals surface area (Å²) in [7, 11) is 0. The Hall–Kier alpha value is -0.600. The summed E-state index contributed by atoms with van der Waals surface area (Å²) < 4.78 is 0. The molecule has 1 aliphatic rings. The van der Waals surface area contributed by atoms with Gasteiger partial charge in [0, 0.05) is 0 Å². The number of hydrogen-bond acceptors (Lipinski definition) is 2. The topological polar surface area (TPSA) is 52.0 Å². The van der Waals surface area contributed by atoms with Gasteiger partial charge in [0.25, 0.3) is 0 Å². The Morgan fingerprint density at radius 3 is 2.62 bits per heavy atom. The lowest BCUT2D eigenvalue weighted by Crippen LogP contribution is -2.50. The molecule has 0 radical (unpaired) electrons. The molecule has 2 nitrogen and oxygen atoms in total. The molecule has 0 fully saturated rings. The minimum Gasteiger partial charge on any atom is -0.310 e. The SMILES string of the molecule is C/C=C\C1=C(C)C(N)(N)CCCC1. The highest BCUT2D eigenvalue weighted by atomic mass is 15.0. The van der Waals surface area contributed by atoms with Crippen LogP contribution >= 0.6 is 0 Å². The molecule has 1 rings (SSSR count). The van der Waals surface area contributed by atoms with Gasteiger partial charge in [0.05, 0.1) is 5.66 Å². The highest BCUT2D eigenvalue weighted by Crippen LogP contribution is 2.27. The monoisotopic (exact) mass is 180 g/mol. The van der Waals surface area contributed by atoms with E-state index in [0.717, 1.165) is 24.8 Å². The van der Waals surface area contributed by atoms with Crippen molar-refractivity contribution in [3.63, 3.8) is 0 Å². The second-order valence-corrected chi connectivity index (χ2v) is 3.90. The minimum atomic E-state index is -0.578. The number of allylic oxidation sites excluding steroid dienone is 3. The van der Waals surface area contributed by atoms with Crippen LogP contribution in [0.3, 0.4) is 0 Å². The van der Waals surface area contributed by atoms with Crippen LogP contribution in [0.2, 0.25) is 0 Å². The van der Waals surface area contributed by atoms with Crippen LogP contribution in [0.1, 0.15) is 39.5 Å². The third-order valence-corrected chi connectivity index (χ3v) is 2.83. The first-order valence-electron chi connectivity index (χ1n) is 4.98. The largest absolute Gasteiger partial charge is 0.310 e. The Balaban J connectivity index is 2.98. The zero-order chi connectivity index (χ0) is 9.90. The molecule has 0 saturated heterocycles. The minimum absolute atomic E-state index is 0.578. The molecule has 0 aromatic heterocycles. The van der Waals surface area contributed by atoms with Gasteiger partial charge in [-0.25, -0.2) is 0 Å². The fourth-order valence-corrected chi connectivity index (χ4v) is 1.82. The molecule has 74 valence electrons. The van der Waals surface area contributed by atoms with Crippen LogP contribution in [0.5, 0.6) is 0 Å². The van der Waals surface area contributed by atoms with Crippen molar-refractivity contribution in [3.05, 3.63) is 23.3 Å². The molecule has 0 amide bonds. The van der Waals surface area contributed by atoms with Gasteiger partial charge in [-0.2, -0.15) is 0 Å². The lowest BCUT2D eigenvalue weighted by molar-refractivity contribution is 0.466. The summed E-state index contributed by atoms with van der Waals surface area (Å²) in [6.45, 7) is 4.08. The second kappa shape index (κ2) is 4.07. The molecule has 0 spiro atoms. The van der Waals surface area contributed by atoms with Crippen molar-refractivity contribution in [1.29, 1.82) is 0 Å². The maximum atomic E-state index is 6.03. The number of hydrogen-bond donors (Lipinski definition) is 2. The molecular formula is C11H20N2. The van der Waals surface area contributed by atoms with E-state index in [2.05, 4.69) is 19.1 Å². The van der Waals surface area contributed by atoms with Crippen LogP contribution in [0.15, 0.2) is 23.3 Å². The average Bonchev–Trinajstić information content (AvgIpc) is 2.18. The molecule has 1 aliphatic carbocycles. The van der Waals surface area contributed by atoms with Crippen molar-refractivity contribution < 1.29 is 0 Å². The van der Waals surface area contributed by atoms with Gasteiger partial charge in [-0.3, -0.25) is 0 Å². The fourth-order valence-electron chi connectivity index (χ4n) is 1.82. The first-order chi connectivity index (χ1) is 6.08. The predicted molar refractivity (Wildman–Crippen MR) is 57.1 cm³/mol. The fraction of sp³-hybridized carbons (Fsp3) is 0.636. The normalized spacial score (nSPS) is 23.7. The van der Waals surface area contributed by atoms with E-state index in [-0.39, 0.29) is 0 Å². The van der Waals surface area contributed by atoms with E-state index in [1.807, 2.05) is 6.92 Å². The Morgan fingerprint density at radius 1 is 1.31 bits per heavy atom. The maximum absolute atomic E-state index is 6.03. The van der Waals surface area contributed by atoms with Crippen LogP contribution in [0.4, 0.5) is 0 Å². The second-order valence-electron chi connectivity index (χ2n) is 3.90. The maximum Gasteiger partial charge on any atom is 0.0861 e. The van der Waals surface area contributed by atoms with Crippen LogP contribution in [-0.2, 0) is 0 Å². The molecule has 0 bridgehead atoms. The van der Waals surface area contributed by atoms with E-state index in [1.165, 1.54) is 12.0 Å². The van der Waals surface area contributed by atoms with E-state index >= 15 is 0 Å². The standard InChI is InChI=1S/C11H20N2/c1-3-6-10-7-4-5-8-11(12,13)9(10)2/h3,6H,4-5,7-8,12-13H2,1-2H3/b6-3-. The molecule has 0 aliphatic heterocycles. The molecule has 0 unspecified atom stereocenters. The molecule has 0 atom stereocenters. The molecule has 0 heterocycles. The Labute approximate surface area is 80.7 Å². The van der Waals surface area contributed by atoms with Gasteiger partial charge < -0.3 is 11.5 Å². The summed E-state index contributed by atoms with van der Waals surface area (Å²) in [5.41, 5.74) is 14.0. The van der Waals surface area contributed by atoms with Crippen LogP contribution in [0.25, 0.3) is 0 Å². The van der Waals surface area contributed by atoms with Crippen LogP contribution in [-0.4, -0.2) is 5.66 Å². The third-order valence-electron chi connectivity index (χ3n) is 2.83. The van der Waals surface area contributed by atoms with Crippen molar-refractivity contribution >= 4 is 0 Å². The average molecular weight is 180 g/mol. The zero-order valence-electron chi connectivity index (χ0n) is 8.64. The van der Waals surface area contributed by atoms with Gasteiger partial charge >= 0.3 is 0 Å². The highest BCUT2D eigenvalue weighted by Gasteiger charge is 2.25. The van der Waals surface area contributed by atoms with E-state index in [1.54, 1.807) is 0 Å². The summed E-state index contributed by atoms with van der Waals surface area (Å²) in [6, 6.07) is 0. The van der Waals surface area contributed by atoms with Crippen molar-refractivity contribution in [1.82, 2.24) is 0 Å². The number of rotatable bonds is 1. The van der Waals surface area contributed by atoms with E-state index in [4.69, 9.17) is 11.5 Å². The first kappa shape index (κ1) is 10.5. The Morgan fingerprint density at radius 2 is 2.00 bits per heavy atom. The third kappa shape index (κ3) is 2.42. The van der Waals surface area contributed by atoms with Gasteiger partial charge in [0.1, 0.15) is 0 Å². The van der Waals surface area contributed by atoms with E-state index in [9.17, 15) is 0 Å². The number of nitrogens with two attached hydrogens (primary N) is 2. The summed E-state index contributed by atoms with van der Waals surface area (Å²) in [6.07, 6.45) is 8.54. The lowest BCUT2D eigenvalue weighted by atomic mass is 9.95. The van der Waals surface area contributed by atoms with Crippen molar-refractivity contribution in [2.45, 2.75) is 45.2 Å². The van der Waals surface area contributed by atoms with Gasteiger partial charge in [-0.1, -0.05) is 12.2 Å². The lowest BCUT2D eigenvalue weighted by Gasteiger charge is -2.25.